The van der Waals surface area contributed by atoms with Crippen LogP contribution < -0.4 is 10.3 Å². The van der Waals surface area contributed by atoms with Crippen LogP contribution in [0.2, 0.25) is 0 Å². The topological polar surface area (TPSA) is 75.2 Å². The van der Waals surface area contributed by atoms with Gasteiger partial charge in [-0.25, -0.2) is 0 Å². The summed E-state index contributed by atoms with van der Waals surface area (Å²) in [6.07, 6.45) is 0. The van der Waals surface area contributed by atoms with E-state index >= 15 is 0 Å². The summed E-state index contributed by atoms with van der Waals surface area (Å²) < 4.78 is 6.02. The highest BCUT2D eigenvalue weighted by molar-refractivity contribution is 5.34. The molecule has 96 valence electrons. The molecule has 2 aromatic rings. The molecule has 0 spiro atoms. The summed E-state index contributed by atoms with van der Waals surface area (Å²) in [6, 6.07) is 11.6. The molecule has 0 amide bonds. The van der Waals surface area contributed by atoms with Crippen molar-refractivity contribution in [2.24, 2.45) is 0 Å². The summed E-state index contributed by atoms with van der Waals surface area (Å²) in [4.78, 5) is 11.4. The lowest BCUT2D eigenvalue weighted by Crippen LogP contribution is -2.21. The molecule has 0 atom stereocenters. The first-order valence-electron chi connectivity index (χ1n) is 5.65. The van der Waals surface area contributed by atoms with Crippen LogP contribution in [0.3, 0.4) is 0 Å². The zero-order chi connectivity index (χ0) is 13.8. The second-order valence-electron chi connectivity index (χ2n) is 4.10. The molecular formula is C14H12N2O3. The Morgan fingerprint density at radius 3 is 2.63 bits per heavy atom. The van der Waals surface area contributed by atoms with Gasteiger partial charge in [-0.1, -0.05) is 0 Å². The van der Waals surface area contributed by atoms with E-state index < -0.39 is 5.56 Å². The predicted octanol–water partition coefficient (Wildman–Crippen LogP) is 1.84. The fourth-order valence-electron chi connectivity index (χ4n) is 1.65. The lowest BCUT2D eigenvalue weighted by atomic mass is 10.2. The maximum atomic E-state index is 11.4. The van der Waals surface area contributed by atoms with Crippen LogP contribution in [0.5, 0.6) is 5.75 Å². The van der Waals surface area contributed by atoms with Gasteiger partial charge in [0, 0.05) is 6.07 Å². The zero-order valence-electron chi connectivity index (χ0n) is 10.3. The van der Waals surface area contributed by atoms with E-state index in [2.05, 4.69) is 0 Å². The molecule has 5 heteroatoms. The summed E-state index contributed by atoms with van der Waals surface area (Å²) in [5.74, 6) is 0.563. The van der Waals surface area contributed by atoms with E-state index in [-0.39, 0.29) is 6.61 Å². The van der Waals surface area contributed by atoms with Gasteiger partial charge in [0.05, 0.1) is 17.3 Å². The number of aryl methyl sites for hydroxylation is 1. The molecule has 0 radical (unpaired) electrons. The standard InChI is InChI=1S/C14H12N2O3/c1-10-6-12(16(18)14(17)7-10)9-19-13-4-2-11(8-15)3-5-13/h2-7,18H,9H2,1H3. The second kappa shape index (κ2) is 5.27. The highest BCUT2D eigenvalue weighted by Gasteiger charge is 2.05. The van der Waals surface area contributed by atoms with Gasteiger partial charge < -0.3 is 9.94 Å². The van der Waals surface area contributed by atoms with Crippen LogP contribution in [0.4, 0.5) is 0 Å². The van der Waals surface area contributed by atoms with Crippen molar-refractivity contribution in [2.45, 2.75) is 13.5 Å². The molecule has 1 aromatic carbocycles. The van der Waals surface area contributed by atoms with E-state index in [9.17, 15) is 10.0 Å². The highest BCUT2D eigenvalue weighted by Crippen LogP contribution is 2.13. The third-order valence-electron chi connectivity index (χ3n) is 2.60. The summed E-state index contributed by atoms with van der Waals surface area (Å²) in [6.45, 7) is 1.84. The SMILES string of the molecule is Cc1cc(COc2ccc(C#N)cc2)n(O)c(=O)c1. The first-order valence-corrected chi connectivity index (χ1v) is 5.65. The van der Waals surface area contributed by atoms with Crippen molar-refractivity contribution in [3.63, 3.8) is 0 Å². The van der Waals surface area contributed by atoms with Crippen LogP contribution in [-0.2, 0) is 6.61 Å². The average Bonchev–Trinajstić information content (AvgIpc) is 2.41. The summed E-state index contributed by atoms with van der Waals surface area (Å²) in [7, 11) is 0. The van der Waals surface area contributed by atoms with Crippen LogP contribution in [0.1, 0.15) is 16.8 Å². The maximum Gasteiger partial charge on any atom is 0.283 e. The molecule has 5 nitrogen and oxygen atoms in total. The Balaban J connectivity index is 2.14. The van der Waals surface area contributed by atoms with Crippen molar-refractivity contribution in [3.8, 4) is 11.8 Å². The van der Waals surface area contributed by atoms with E-state index in [1.165, 1.54) is 6.07 Å². The number of benzene rings is 1. The minimum Gasteiger partial charge on any atom is -0.487 e. The Bertz CT molecular complexity index is 681. The van der Waals surface area contributed by atoms with E-state index in [0.717, 1.165) is 5.56 Å². The molecule has 0 aliphatic heterocycles. The second-order valence-corrected chi connectivity index (χ2v) is 4.10. The van der Waals surface area contributed by atoms with Crippen molar-refractivity contribution in [1.82, 2.24) is 4.73 Å². The number of nitrogens with zero attached hydrogens (tertiary/aromatic N) is 2. The van der Waals surface area contributed by atoms with E-state index in [0.29, 0.717) is 21.7 Å². The monoisotopic (exact) mass is 256 g/mol. The highest BCUT2D eigenvalue weighted by atomic mass is 16.5. The van der Waals surface area contributed by atoms with Gasteiger partial charge in [0.2, 0.25) is 0 Å². The predicted molar refractivity (Wildman–Crippen MR) is 68.1 cm³/mol. The van der Waals surface area contributed by atoms with Crippen molar-refractivity contribution >= 4 is 0 Å². The van der Waals surface area contributed by atoms with Crippen LogP contribution in [-0.4, -0.2) is 9.94 Å². The Morgan fingerprint density at radius 2 is 2.00 bits per heavy atom. The molecule has 0 unspecified atom stereocenters. The Morgan fingerprint density at radius 1 is 1.32 bits per heavy atom. The van der Waals surface area contributed by atoms with Crippen molar-refractivity contribution in [3.05, 3.63) is 63.6 Å². The molecule has 0 bridgehead atoms. The lowest BCUT2D eigenvalue weighted by molar-refractivity contribution is 0.147. The summed E-state index contributed by atoms with van der Waals surface area (Å²) in [5, 5.41) is 18.2. The van der Waals surface area contributed by atoms with E-state index in [1.54, 1.807) is 37.3 Å². The smallest absolute Gasteiger partial charge is 0.283 e. The summed E-state index contributed by atoms with van der Waals surface area (Å²) >= 11 is 0. The third-order valence-corrected chi connectivity index (χ3v) is 2.60. The van der Waals surface area contributed by atoms with Crippen LogP contribution in [0, 0.1) is 18.3 Å². The number of nitriles is 1. The lowest BCUT2D eigenvalue weighted by Gasteiger charge is -2.09. The Hall–Kier alpha value is -2.74. The number of pyridine rings is 1. The van der Waals surface area contributed by atoms with Gasteiger partial charge in [0.25, 0.3) is 5.56 Å². The van der Waals surface area contributed by atoms with Crippen molar-refractivity contribution in [2.75, 3.05) is 0 Å². The zero-order valence-corrected chi connectivity index (χ0v) is 10.3. The van der Waals surface area contributed by atoms with Gasteiger partial charge >= 0.3 is 0 Å². The third kappa shape index (κ3) is 2.93. The van der Waals surface area contributed by atoms with Crippen LogP contribution in [0.15, 0.2) is 41.2 Å². The quantitative estimate of drug-likeness (QED) is 0.850. The molecule has 0 aliphatic carbocycles. The molecule has 1 aromatic heterocycles. The minimum absolute atomic E-state index is 0.0688. The fourth-order valence-corrected chi connectivity index (χ4v) is 1.65. The van der Waals surface area contributed by atoms with Gasteiger partial charge in [0.1, 0.15) is 12.4 Å². The first-order chi connectivity index (χ1) is 9.10. The van der Waals surface area contributed by atoms with Gasteiger partial charge in [-0.05, 0) is 42.8 Å². The normalized spacial score (nSPS) is 9.89. The molecule has 1 heterocycles. The molecule has 0 aliphatic rings. The molecule has 0 fully saturated rings. The number of hydrogen-bond donors (Lipinski definition) is 1. The Labute approximate surface area is 109 Å². The molecule has 19 heavy (non-hydrogen) atoms. The van der Waals surface area contributed by atoms with Gasteiger partial charge in [-0.15, -0.1) is 4.73 Å². The first kappa shape index (κ1) is 12.7. The van der Waals surface area contributed by atoms with Crippen molar-refractivity contribution < 1.29 is 9.94 Å². The van der Waals surface area contributed by atoms with E-state index in [1.807, 2.05) is 6.07 Å². The van der Waals surface area contributed by atoms with Crippen LogP contribution in [0.25, 0.3) is 0 Å². The van der Waals surface area contributed by atoms with Gasteiger partial charge in [-0.3, -0.25) is 4.79 Å². The maximum absolute atomic E-state index is 11.4. The fraction of sp³-hybridized carbons (Fsp3) is 0.143. The average molecular weight is 256 g/mol. The number of aromatic nitrogens is 1. The molecule has 0 saturated heterocycles. The van der Waals surface area contributed by atoms with Gasteiger partial charge in [0.15, 0.2) is 0 Å². The molecular weight excluding hydrogens is 244 g/mol. The van der Waals surface area contributed by atoms with Gasteiger partial charge in [-0.2, -0.15) is 5.26 Å². The molecule has 2 rings (SSSR count). The molecule has 1 N–H and O–H groups in total. The largest absolute Gasteiger partial charge is 0.487 e. The number of hydrogen-bond acceptors (Lipinski definition) is 4. The number of ether oxygens (including phenoxy) is 1. The Kier molecular flexibility index (Phi) is 3.53. The van der Waals surface area contributed by atoms with E-state index in [4.69, 9.17) is 10.00 Å². The summed E-state index contributed by atoms with van der Waals surface area (Å²) in [5.41, 5.74) is 1.18. The number of rotatable bonds is 3. The molecule has 0 saturated carbocycles. The van der Waals surface area contributed by atoms with Crippen molar-refractivity contribution in [1.29, 1.82) is 5.26 Å². The van der Waals surface area contributed by atoms with Crippen LogP contribution >= 0.6 is 0 Å². The minimum atomic E-state index is -0.488.